The Balaban J connectivity index is 2.21. The Kier molecular flexibility index (Phi) is 5.05. The summed E-state index contributed by atoms with van der Waals surface area (Å²) in [7, 11) is 2.05. The van der Waals surface area contributed by atoms with Gasteiger partial charge in [0.25, 0.3) is 0 Å². The van der Waals surface area contributed by atoms with Crippen LogP contribution < -0.4 is 10.6 Å². The van der Waals surface area contributed by atoms with E-state index in [0.29, 0.717) is 5.92 Å². The van der Waals surface area contributed by atoms with Gasteiger partial charge in [-0.2, -0.15) is 0 Å². The van der Waals surface area contributed by atoms with E-state index in [1.807, 2.05) is 0 Å². The average Bonchev–Trinajstić information content (AvgIpc) is 2.17. The van der Waals surface area contributed by atoms with Gasteiger partial charge in [0, 0.05) is 26.2 Å². The zero-order valence-corrected chi connectivity index (χ0v) is 10.0. The van der Waals surface area contributed by atoms with E-state index in [2.05, 4.69) is 36.4 Å². The molecule has 88 valence electrons. The van der Waals surface area contributed by atoms with Gasteiger partial charge in [0.15, 0.2) is 0 Å². The molecular formula is C11H23N3O. The summed E-state index contributed by atoms with van der Waals surface area (Å²) in [5.74, 6) is 0.787. The molecule has 1 rings (SSSR count). The van der Waals surface area contributed by atoms with Gasteiger partial charge in [-0.3, -0.25) is 4.79 Å². The largest absolute Gasteiger partial charge is 0.355 e. The van der Waals surface area contributed by atoms with Gasteiger partial charge < -0.3 is 15.5 Å². The van der Waals surface area contributed by atoms with Crippen molar-refractivity contribution in [3.8, 4) is 0 Å². The van der Waals surface area contributed by atoms with Crippen LogP contribution in [0.4, 0.5) is 0 Å². The number of hydrogen-bond donors (Lipinski definition) is 2. The lowest BCUT2D eigenvalue weighted by Crippen LogP contribution is -2.56. The Morgan fingerprint density at radius 3 is 2.93 bits per heavy atom. The van der Waals surface area contributed by atoms with Gasteiger partial charge in [-0.05, 0) is 19.4 Å². The van der Waals surface area contributed by atoms with Gasteiger partial charge in [0.2, 0.25) is 5.91 Å². The number of piperazine rings is 1. The van der Waals surface area contributed by atoms with Crippen molar-refractivity contribution in [1.82, 2.24) is 15.5 Å². The maximum atomic E-state index is 11.7. The molecule has 1 unspecified atom stereocenters. The summed E-state index contributed by atoms with van der Waals surface area (Å²) in [6.45, 7) is 7.86. The van der Waals surface area contributed by atoms with E-state index in [4.69, 9.17) is 0 Å². The third kappa shape index (κ3) is 4.62. The molecular weight excluding hydrogens is 190 g/mol. The molecule has 0 bridgehead atoms. The zero-order valence-electron chi connectivity index (χ0n) is 10.0. The second kappa shape index (κ2) is 6.08. The van der Waals surface area contributed by atoms with Gasteiger partial charge in [-0.1, -0.05) is 13.8 Å². The van der Waals surface area contributed by atoms with E-state index < -0.39 is 0 Å². The topological polar surface area (TPSA) is 44.4 Å². The first-order valence-corrected chi connectivity index (χ1v) is 5.79. The van der Waals surface area contributed by atoms with Crippen LogP contribution in [0.2, 0.25) is 0 Å². The van der Waals surface area contributed by atoms with E-state index in [9.17, 15) is 4.79 Å². The minimum atomic E-state index is -0.0316. The van der Waals surface area contributed by atoms with Crippen molar-refractivity contribution >= 4 is 5.91 Å². The number of likely N-dealkylation sites (N-methyl/N-ethyl adjacent to an activating group) is 1. The lowest BCUT2D eigenvalue weighted by Gasteiger charge is -2.30. The highest BCUT2D eigenvalue weighted by atomic mass is 16.2. The molecule has 1 aliphatic heterocycles. The second-order valence-corrected chi connectivity index (χ2v) is 4.74. The summed E-state index contributed by atoms with van der Waals surface area (Å²) in [6, 6.07) is -0.0316. The standard InChI is InChI=1S/C11H23N3O/c1-9(2)4-5-13-11(15)10-8-14(3)7-6-12-10/h9-10,12H,4-8H2,1-3H3,(H,13,15). The number of nitrogens with zero attached hydrogens (tertiary/aromatic N) is 1. The van der Waals surface area contributed by atoms with E-state index in [0.717, 1.165) is 32.6 Å². The molecule has 4 nitrogen and oxygen atoms in total. The molecule has 1 saturated heterocycles. The van der Waals surface area contributed by atoms with Crippen molar-refractivity contribution in [3.05, 3.63) is 0 Å². The highest BCUT2D eigenvalue weighted by Gasteiger charge is 2.22. The van der Waals surface area contributed by atoms with Crippen molar-refractivity contribution in [2.24, 2.45) is 5.92 Å². The van der Waals surface area contributed by atoms with Crippen LogP contribution >= 0.6 is 0 Å². The fourth-order valence-electron chi connectivity index (χ4n) is 1.68. The molecule has 0 aromatic heterocycles. The quantitative estimate of drug-likeness (QED) is 0.694. The summed E-state index contributed by atoms with van der Waals surface area (Å²) in [4.78, 5) is 13.9. The van der Waals surface area contributed by atoms with Crippen LogP contribution in [0.5, 0.6) is 0 Å². The third-order valence-electron chi connectivity index (χ3n) is 2.72. The fourth-order valence-corrected chi connectivity index (χ4v) is 1.68. The summed E-state index contributed by atoms with van der Waals surface area (Å²) in [5.41, 5.74) is 0. The first kappa shape index (κ1) is 12.5. The Labute approximate surface area is 92.4 Å². The van der Waals surface area contributed by atoms with Crippen LogP contribution in [0.3, 0.4) is 0 Å². The van der Waals surface area contributed by atoms with Gasteiger partial charge in [-0.25, -0.2) is 0 Å². The molecule has 1 fully saturated rings. The van der Waals surface area contributed by atoms with E-state index in [1.165, 1.54) is 0 Å². The lowest BCUT2D eigenvalue weighted by molar-refractivity contribution is -0.124. The van der Waals surface area contributed by atoms with Crippen molar-refractivity contribution < 1.29 is 4.79 Å². The van der Waals surface area contributed by atoms with Crippen molar-refractivity contribution in [3.63, 3.8) is 0 Å². The fraction of sp³-hybridized carbons (Fsp3) is 0.909. The van der Waals surface area contributed by atoms with Crippen molar-refractivity contribution in [2.45, 2.75) is 26.3 Å². The summed E-state index contributed by atoms with van der Waals surface area (Å²) in [5, 5.41) is 6.21. The molecule has 0 radical (unpaired) electrons. The Morgan fingerprint density at radius 2 is 2.33 bits per heavy atom. The van der Waals surface area contributed by atoms with Gasteiger partial charge in [0.1, 0.15) is 0 Å². The molecule has 0 saturated carbocycles. The number of carbonyl (C=O) groups excluding carboxylic acids is 1. The van der Waals surface area contributed by atoms with Crippen LogP contribution in [0, 0.1) is 5.92 Å². The first-order valence-electron chi connectivity index (χ1n) is 5.79. The first-order chi connectivity index (χ1) is 7.09. The van der Waals surface area contributed by atoms with Crippen LogP contribution in [0.15, 0.2) is 0 Å². The number of rotatable bonds is 4. The molecule has 0 aromatic carbocycles. The highest BCUT2D eigenvalue weighted by molar-refractivity contribution is 5.82. The maximum Gasteiger partial charge on any atom is 0.238 e. The van der Waals surface area contributed by atoms with Crippen molar-refractivity contribution in [1.29, 1.82) is 0 Å². The number of hydrogen-bond acceptors (Lipinski definition) is 3. The molecule has 0 aromatic rings. The minimum absolute atomic E-state index is 0.0316. The Hall–Kier alpha value is -0.610. The van der Waals surface area contributed by atoms with Gasteiger partial charge in [-0.15, -0.1) is 0 Å². The molecule has 1 heterocycles. The predicted octanol–water partition coefficient (Wildman–Crippen LogP) is 0.0523. The third-order valence-corrected chi connectivity index (χ3v) is 2.72. The molecule has 0 aliphatic carbocycles. The van der Waals surface area contributed by atoms with Gasteiger partial charge in [0.05, 0.1) is 6.04 Å². The number of amides is 1. The Morgan fingerprint density at radius 1 is 1.60 bits per heavy atom. The predicted molar refractivity (Wildman–Crippen MR) is 61.8 cm³/mol. The smallest absolute Gasteiger partial charge is 0.238 e. The maximum absolute atomic E-state index is 11.7. The monoisotopic (exact) mass is 213 g/mol. The molecule has 4 heteroatoms. The normalized spacial score (nSPS) is 23.1. The Bertz CT molecular complexity index is 206. The zero-order chi connectivity index (χ0) is 11.3. The molecule has 0 spiro atoms. The average molecular weight is 213 g/mol. The van der Waals surface area contributed by atoms with E-state index in [1.54, 1.807) is 0 Å². The summed E-state index contributed by atoms with van der Waals surface area (Å²) < 4.78 is 0. The second-order valence-electron chi connectivity index (χ2n) is 4.74. The number of carbonyl (C=O) groups is 1. The molecule has 2 N–H and O–H groups in total. The van der Waals surface area contributed by atoms with E-state index >= 15 is 0 Å². The van der Waals surface area contributed by atoms with Crippen LogP contribution in [0.1, 0.15) is 20.3 Å². The van der Waals surface area contributed by atoms with E-state index in [-0.39, 0.29) is 11.9 Å². The highest BCUT2D eigenvalue weighted by Crippen LogP contribution is 1.98. The SMILES string of the molecule is CC(C)CCNC(=O)C1CN(C)CCN1. The summed E-state index contributed by atoms with van der Waals surface area (Å²) >= 11 is 0. The molecule has 15 heavy (non-hydrogen) atoms. The molecule has 1 amide bonds. The minimum Gasteiger partial charge on any atom is -0.355 e. The summed E-state index contributed by atoms with van der Waals surface area (Å²) in [6.07, 6.45) is 1.05. The van der Waals surface area contributed by atoms with Crippen LogP contribution in [-0.2, 0) is 4.79 Å². The van der Waals surface area contributed by atoms with Gasteiger partial charge >= 0.3 is 0 Å². The lowest BCUT2D eigenvalue weighted by atomic mass is 10.1. The molecule has 1 atom stereocenters. The van der Waals surface area contributed by atoms with Crippen LogP contribution in [-0.4, -0.2) is 50.1 Å². The van der Waals surface area contributed by atoms with Crippen molar-refractivity contribution in [2.75, 3.05) is 33.2 Å². The molecule has 1 aliphatic rings. The van der Waals surface area contributed by atoms with Crippen LogP contribution in [0.25, 0.3) is 0 Å². The number of nitrogens with one attached hydrogen (secondary N) is 2.